The van der Waals surface area contributed by atoms with Crippen LogP contribution in [0.25, 0.3) is 15.3 Å². The lowest BCUT2D eigenvalue weighted by molar-refractivity contribution is 1.05. The van der Waals surface area contributed by atoms with Crippen molar-refractivity contribution >= 4 is 33.5 Å². The molecule has 0 bridgehead atoms. The lowest BCUT2D eigenvalue weighted by atomic mass is 10.2. The Morgan fingerprint density at radius 2 is 1.96 bits per heavy atom. The highest BCUT2D eigenvalue weighted by Gasteiger charge is 2.08. The maximum absolute atomic E-state index is 4.72. The largest absolute Gasteiger partial charge is 0.292 e. The monoisotopic (exact) mass is 332 g/mol. The molecule has 2 aromatic heterocycles. The minimum Gasteiger partial charge on any atom is -0.292 e. The van der Waals surface area contributed by atoms with Gasteiger partial charge in [-0.15, -0.1) is 0 Å². The van der Waals surface area contributed by atoms with Crippen molar-refractivity contribution in [3.63, 3.8) is 0 Å². The number of rotatable bonds is 4. The van der Waals surface area contributed by atoms with Gasteiger partial charge in [0.15, 0.2) is 5.13 Å². The van der Waals surface area contributed by atoms with E-state index in [-0.39, 0.29) is 0 Å². The van der Waals surface area contributed by atoms with Crippen molar-refractivity contribution in [2.24, 2.45) is 5.10 Å². The van der Waals surface area contributed by atoms with Gasteiger partial charge in [0.25, 0.3) is 0 Å². The van der Waals surface area contributed by atoms with Crippen LogP contribution in [0, 0.1) is 6.92 Å². The van der Waals surface area contributed by atoms with Gasteiger partial charge in [0.1, 0.15) is 0 Å². The Kier molecular flexibility index (Phi) is 3.84. The zero-order chi connectivity index (χ0) is 16.4. The molecule has 0 spiro atoms. The third-order valence-electron chi connectivity index (χ3n) is 3.68. The van der Waals surface area contributed by atoms with Gasteiger partial charge in [0.2, 0.25) is 0 Å². The number of fused-ring (bicyclic) bond motifs is 1. The van der Waals surface area contributed by atoms with Crippen LogP contribution in [0.5, 0.6) is 0 Å². The van der Waals surface area contributed by atoms with Gasteiger partial charge < -0.3 is 0 Å². The van der Waals surface area contributed by atoms with E-state index in [1.54, 1.807) is 11.3 Å². The summed E-state index contributed by atoms with van der Waals surface area (Å²) < 4.78 is 3.25. The molecule has 0 aliphatic rings. The number of para-hydroxylation sites is 1. The highest BCUT2D eigenvalue weighted by atomic mass is 32.1. The average Bonchev–Trinajstić information content (AvgIpc) is 3.21. The van der Waals surface area contributed by atoms with E-state index in [1.165, 1.54) is 10.3 Å². The normalized spacial score (nSPS) is 11.4. The van der Waals surface area contributed by atoms with Gasteiger partial charge in [-0.05, 0) is 48.9 Å². The van der Waals surface area contributed by atoms with Gasteiger partial charge in [-0.1, -0.05) is 35.6 Å². The molecule has 0 unspecified atom stereocenters. The molecule has 0 fully saturated rings. The highest BCUT2D eigenvalue weighted by Crippen LogP contribution is 2.26. The second-order valence-corrected chi connectivity index (χ2v) is 6.52. The van der Waals surface area contributed by atoms with Crippen molar-refractivity contribution in [3.05, 3.63) is 78.1 Å². The Morgan fingerprint density at radius 3 is 2.83 bits per heavy atom. The highest BCUT2D eigenvalue weighted by molar-refractivity contribution is 7.20. The van der Waals surface area contributed by atoms with Gasteiger partial charge in [-0.3, -0.25) is 9.99 Å². The van der Waals surface area contributed by atoms with Crippen molar-refractivity contribution in [2.75, 3.05) is 5.43 Å². The van der Waals surface area contributed by atoms with Crippen molar-refractivity contribution in [2.45, 2.75) is 6.92 Å². The topological polar surface area (TPSA) is 42.2 Å². The molecule has 2 heterocycles. The predicted molar refractivity (Wildman–Crippen MR) is 101 cm³/mol. The summed E-state index contributed by atoms with van der Waals surface area (Å²) in [7, 11) is 0. The fraction of sp³-hybridized carbons (Fsp3) is 0.0526. The molecule has 1 N–H and O–H groups in total. The first-order valence-electron chi connectivity index (χ1n) is 7.69. The van der Waals surface area contributed by atoms with E-state index in [1.807, 2.05) is 54.9 Å². The lowest BCUT2D eigenvalue weighted by Crippen LogP contribution is -1.98. The molecule has 0 saturated heterocycles. The molecule has 0 radical (unpaired) electrons. The molecular weight excluding hydrogens is 316 g/mol. The molecule has 0 saturated carbocycles. The number of thiazole rings is 1. The van der Waals surface area contributed by atoms with Gasteiger partial charge in [-0.25, -0.2) is 4.98 Å². The van der Waals surface area contributed by atoms with Crippen LogP contribution in [0.1, 0.15) is 11.3 Å². The molecule has 0 amide bonds. The zero-order valence-electron chi connectivity index (χ0n) is 13.2. The molecule has 5 heteroatoms. The van der Waals surface area contributed by atoms with Gasteiger partial charge >= 0.3 is 0 Å². The Hall–Kier alpha value is -2.92. The molecule has 24 heavy (non-hydrogen) atoms. The fourth-order valence-electron chi connectivity index (χ4n) is 2.48. The van der Waals surface area contributed by atoms with E-state index in [0.717, 1.165) is 22.0 Å². The molecule has 4 aromatic rings. The van der Waals surface area contributed by atoms with E-state index in [0.29, 0.717) is 0 Å². The van der Waals surface area contributed by atoms with Crippen LogP contribution >= 0.6 is 11.3 Å². The minimum atomic E-state index is 0.946. The molecule has 0 aliphatic heterocycles. The molecule has 2 aromatic carbocycles. The number of benzene rings is 2. The quantitative estimate of drug-likeness (QED) is 0.429. The number of hydrazone groups is 1. The molecule has 4 rings (SSSR count). The van der Waals surface area contributed by atoms with Crippen LogP contribution in [-0.4, -0.2) is 15.8 Å². The van der Waals surface area contributed by atoms with Gasteiger partial charge in [0.05, 0.1) is 27.8 Å². The average molecular weight is 332 g/mol. The Morgan fingerprint density at radius 1 is 1.08 bits per heavy atom. The number of aromatic nitrogens is 2. The van der Waals surface area contributed by atoms with Crippen LogP contribution in [-0.2, 0) is 0 Å². The zero-order valence-corrected chi connectivity index (χ0v) is 14.0. The van der Waals surface area contributed by atoms with Crippen molar-refractivity contribution in [1.82, 2.24) is 9.55 Å². The van der Waals surface area contributed by atoms with E-state index in [2.05, 4.69) is 40.2 Å². The number of hydrogen-bond acceptors (Lipinski definition) is 4. The predicted octanol–water partition coefficient (Wildman–Crippen LogP) is 4.84. The summed E-state index contributed by atoms with van der Waals surface area (Å²) in [5, 5.41) is 5.27. The Bertz CT molecular complexity index is 999. The van der Waals surface area contributed by atoms with Crippen LogP contribution in [0.3, 0.4) is 0 Å². The summed E-state index contributed by atoms with van der Waals surface area (Å²) in [4.78, 5) is 4.72. The van der Waals surface area contributed by atoms with E-state index in [4.69, 9.17) is 4.98 Å². The van der Waals surface area contributed by atoms with E-state index >= 15 is 0 Å². The molecular formula is C19H16N4S. The second-order valence-electron chi connectivity index (χ2n) is 5.51. The van der Waals surface area contributed by atoms with E-state index < -0.39 is 0 Å². The summed E-state index contributed by atoms with van der Waals surface area (Å²) in [6, 6.07) is 20.2. The smallest absolute Gasteiger partial charge is 0.195 e. The Labute approximate surface area is 144 Å². The summed E-state index contributed by atoms with van der Waals surface area (Å²) in [6.07, 6.45) is 3.82. The van der Waals surface area contributed by atoms with Crippen molar-refractivity contribution in [1.29, 1.82) is 0 Å². The number of aryl methyl sites for hydroxylation is 1. The van der Waals surface area contributed by atoms with Crippen LogP contribution in [0.15, 0.2) is 72.0 Å². The maximum atomic E-state index is 4.72. The maximum Gasteiger partial charge on any atom is 0.195 e. The molecule has 0 atom stereocenters. The Balaban J connectivity index is 1.61. The first kappa shape index (κ1) is 14.7. The van der Waals surface area contributed by atoms with Crippen molar-refractivity contribution < 1.29 is 0 Å². The number of nitrogens with one attached hydrogen (secondary N) is 1. The minimum absolute atomic E-state index is 0.946. The van der Waals surface area contributed by atoms with Gasteiger partial charge in [-0.2, -0.15) is 5.10 Å². The third-order valence-corrected chi connectivity index (χ3v) is 4.70. The lowest BCUT2D eigenvalue weighted by Gasteiger charge is -2.01. The van der Waals surface area contributed by atoms with Crippen molar-refractivity contribution in [3.8, 4) is 5.13 Å². The molecule has 118 valence electrons. The summed E-state index contributed by atoms with van der Waals surface area (Å²) in [5.74, 6) is 0. The third kappa shape index (κ3) is 2.94. The summed E-state index contributed by atoms with van der Waals surface area (Å²) in [6.45, 7) is 2.10. The van der Waals surface area contributed by atoms with Crippen LogP contribution in [0.2, 0.25) is 0 Å². The summed E-state index contributed by atoms with van der Waals surface area (Å²) in [5.41, 5.74) is 7.25. The van der Waals surface area contributed by atoms with E-state index in [9.17, 15) is 0 Å². The van der Waals surface area contributed by atoms with Gasteiger partial charge in [0, 0.05) is 6.20 Å². The fourth-order valence-corrected chi connectivity index (χ4v) is 3.55. The molecule has 4 nitrogen and oxygen atoms in total. The van der Waals surface area contributed by atoms with Crippen LogP contribution in [0.4, 0.5) is 5.69 Å². The SMILES string of the molecule is Cc1ccc2nc(-n3cccc3C=NNc3ccccc3)sc2c1. The second kappa shape index (κ2) is 6.29. The first-order chi connectivity index (χ1) is 11.8. The number of nitrogens with zero attached hydrogens (tertiary/aromatic N) is 3. The first-order valence-corrected chi connectivity index (χ1v) is 8.50. The standard InChI is InChI=1S/C19H16N4S/c1-14-9-10-17-18(12-14)24-19(21-17)23-11-5-8-16(23)13-20-22-15-6-3-2-4-7-15/h2-13,22H,1H3. The van der Waals surface area contributed by atoms with Crippen LogP contribution < -0.4 is 5.43 Å². The number of hydrogen-bond donors (Lipinski definition) is 1. The molecule has 0 aliphatic carbocycles. The summed E-state index contributed by atoms with van der Waals surface area (Å²) >= 11 is 1.68. The number of anilines is 1.